The molecule has 5 nitrogen and oxygen atoms in total. The van der Waals surface area contributed by atoms with Crippen LogP contribution in [0.3, 0.4) is 0 Å². The maximum atomic E-state index is 12.9. The van der Waals surface area contributed by atoms with Gasteiger partial charge in [0.1, 0.15) is 11.8 Å². The minimum Gasteiger partial charge on any atom is -0.484 e. The van der Waals surface area contributed by atoms with E-state index in [4.69, 9.17) is 16.3 Å². The second-order valence-electron chi connectivity index (χ2n) is 7.27. The molecule has 0 spiro atoms. The van der Waals surface area contributed by atoms with Crippen molar-refractivity contribution in [3.05, 3.63) is 64.7 Å². The summed E-state index contributed by atoms with van der Waals surface area (Å²) in [6, 6.07) is 14.2. The average Bonchev–Trinajstić information content (AvgIpc) is 2.71. The zero-order chi connectivity index (χ0) is 21.4. The molecule has 0 aliphatic carbocycles. The Labute approximate surface area is 178 Å². The molecule has 0 saturated carbocycles. The van der Waals surface area contributed by atoms with E-state index in [9.17, 15) is 9.59 Å². The topological polar surface area (TPSA) is 58.6 Å². The minimum absolute atomic E-state index is 0.00855. The molecule has 2 amide bonds. The van der Waals surface area contributed by atoms with Crippen LogP contribution in [0.25, 0.3) is 0 Å². The lowest BCUT2D eigenvalue weighted by molar-refractivity contribution is -0.142. The lowest BCUT2D eigenvalue weighted by Crippen LogP contribution is -2.50. The van der Waals surface area contributed by atoms with Gasteiger partial charge in [0, 0.05) is 17.6 Å². The number of hydrogen-bond acceptors (Lipinski definition) is 3. The number of ether oxygens (including phenoxy) is 1. The van der Waals surface area contributed by atoms with Crippen LogP contribution in [0.5, 0.6) is 5.75 Å². The van der Waals surface area contributed by atoms with Crippen molar-refractivity contribution in [1.82, 2.24) is 10.2 Å². The van der Waals surface area contributed by atoms with Gasteiger partial charge in [0.05, 0.1) is 0 Å². The van der Waals surface area contributed by atoms with Gasteiger partial charge < -0.3 is 15.0 Å². The minimum atomic E-state index is -0.633. The third kappa shape index (κ3) is 7.09. The van der Waals surface area contributed by atoms with E-state index in [1.54, 1.807) is 19.1 Å². The highest BCUT2D eigenvalue weighted by atomic mass is 35.5. The number of halogens is 1. The van der Waals surface area contributed by atoms with Crippen LogP contribution >= 0.6 is 11.6 Å². The second-order valence-corrected chi connectivity index (χ2v) is 7.71. The normalized spacial score (nSPS) is 11.8. The van der Waals surface area contributed by atoms with E-state index in [0.29, 0.717) is 17.3 Å². The Morgan fingerprint density at radius 1 is 1.00 bits per heavy atom. The summed E-state index contributed by atoms with van der Waals surface area (Å²) in [4.78, 5) is 27.0. The van der Waals surface area contributed by atoms with Crippen molar-refractivity contribution in [2.45, 2.75) is 52.7 Å². The Bertz CT molecular complexity index is 804. The van der Waals surface area contributed by atoms with Crippen LogP contribution in [0.15, 0.2) is 48.5 Å². The van der Waals surface area contributed by atoms with Crippen molar-refractivity contribution in [1.29, 1.82) is 0 Å². The highest BCUT2D eigenvalue weighted by molar-refractivity contribution is 6.30. The Morgan fingerprint density at radius 3 is 2.14 bits per heavy atom. The Hall–Kier alpha value is -2.53. The number of amides is 2. The Morgan fingerprint density at radius 2 is 1.59 bits per heavy atom. The quantitative estimate of drug-likeness (QED) is 0.665. The molecule has 1 N–H and O–H groups in total. The predicted octanol–water partition coefficient (Wildman–Crippen LogP) is 4.22. The van der Waals surface area contributed by atoms with E-state index in [1.807, 2.05) is 50.2 Å². The molecule has 6 heteroatoms. The molecule has 0 fully saturated rings. The SMILES string of the molecule is CCc1ccc(OCC(=O)N(Cc2ccc(Cl)cc2)C(C)C(=O)NC(C)C)cc1. The van der Waals surface area contributed by atoms with Crippen LogP contribution in [-0.2, 0) is 22.6 Å². The Balaban J connectivity index is 2.11. The molecule has 1 atom stereocenters. The van der Waals surface area contributed by atoms with E-state index in [2.05, 4.69) is 12.2 Å². The van der Waals surface area contributed by atoms with E-state index >= 15 is 0 Å². The standard InChI is InChI=1S/C23H29ClN2O3/c1-5-18-8-12-21(13-9-18)29-15-22(27)26(17(4)23(28)25-16(2)3)14-19-6-10-20(24)11-7-19/h6-13,16-17H,5,14-15H2,1-4H3,(H,25,28). The van der Waals surface area contributed by atoms with Gasteiger partial charge in [-0.3, -0.25) is 9.59 Å². The second kappa shape index (κ2) is 10.9. The fraction of sp³-hybridized carbons (Fsp3) is 0.391. The number of benzene rings is 2. The van der Waals surface area contributed by atoms with Gasteiger partial charge in [-0.25, -0.2) is 0 Å². The van der Waals surface area contributed by atoms with Crippen molar-refractivity contribution in [2.24, 2.45) is 0 Å². The molecule has 0 aliphatic rings. The molecule has 156 valence electrons. The molecule has 2 aromatic rings. The number of rotatable bonds is 9. The zero-order valence-electron chi connectivity index (χ0n) is 17.4. The van der Waals surface area contributed by atoms with Crippen LogP contribution in [0, 0.1) is 0 Å². The van der Waals surface area contributed by atoms with Crippen molar-refractivity contribution < 1.29 is 14.3 Å². The number of carbonyl (C=O) groups is 2. The first-order valence-electron chi connectivity index (χ1n) is 9.86. The third-order valence-electron chi connectivity index (χ3n) is 4.56. The summed E-state index contributed by atoms with van der Waals surface area (Å²) in [6.07, 6.45) is 0.941. The maximum Gasteiger partial charge on any atom is 0.261 e. The molecule has 29 heavy (non-hydrogen) atoms. The maximum absolute atomic E-state index is 12.9. The van der Waals surface area contributed by atoms with Gasteiger partial charge in [-0.1, -0.05) is 42.8 Å². The number of nitrogens with one attached hydrogen (secondary N) is 1. The molecule has 1 unspecified atom stereocenters. The first-order chi connectivity index (χ1) is 13.8. The van der Waals surface area contributed by atoms with Gasteiger partial charge in [0.15, 0.2) is 6.61 Å². The fourth-order valence-electron chi connectivity index (χ4n) is 2.82. The molecule has 0 saturated heterocycles. The Kier molecular flexibility index (Phi) is 8.52. The van der Waals surface area contributed by atoms with Gasteiger partial charge in [0.25, 0.3) is 5.91 Å². The number of nitrogens with zero attached hydrogens (tertiary/aromatic N) is 1. The molecule has 0 aromatic heterocycles. The lowest BCUT2D eigenvalue weighted by atomic mass is 10.1. The van der Waals surface area contributed by atoms with Crippen molar-refractivity contribution >= 4 is 23.4 Å². The van der Waals surface area contributed by atoms with Crippen LogP contribution in [0.2, 0.25) is 5.02 Å². The summed E-state index contributed by atoms with van der Waals surface area (Å²) in [5.41, 5.74) is 2.09. The highest BCUT2D eigenvalue weighted by Crippen LogP contribution is 2.16. The van der Waals surface area contributed by atoms with Crippen molar-refractivity contribution in [3.8, 4) is 5.75 Å². The summed E-state index contributed by atoms with van der Waals surface area (Å²) >= 11 is 5.96. The summed E-state index contributed by atoms with van der Waals surface area (Å²) in [5, 5.41) is 3.49. The predicted molar refractivity (Wildman–Crippen MR) is 116 cm³/mol. The van der Waals surface area contributed by atoms with Crippen molar-refractivity contribution in [3.63, 3.8) is 0 Å². The molecule has 0 aliphatic heterocycles. The summed E-state index contributed by atoms with van der Waals surface area (Å²) < 4.78 is 5.67. The molecule has 2 rings (SSSR count). The molecule has 0 bridgehead atoms. The third-order valence-corrected chi connectivity index (χ3v) is 4.81. The summed E-state index contributed by atoms with van der Waals surface area (Å²) in [7, 11) is 0. The largest absolute Gasteiger partial charge is 0.484 e. The molecular formula is C23H29ClN2O3. The zero-order valence-corrected chi connectivity index (χ0v) is 18.2. The lowest BCUT2D eigenvalue weighted by Gasteiger charge is -2.29. The number of aryl methyl sites for hydroxylation is 1. The summed E-state index contributed by atoms with van der Waals surface area (Å²) in [6.45, 7) is 7.73. The molecule has 0 heterocycles. The number of carbonyl (C=O) groups excluding carboxylic acids is 2. The smallest absolute Gasteiger partial charge is 0.261 e. The van der Waals surface area contributed by atoms with E-state index in [-0.39, 0.29) is 24.5 Å². The van der Waals surface area contributed by atoms with E-state index in [1.165, 1.54) is 10.5 Å². The van der Waals surface area contributed by atoms with Gasteiger partial charge in [-0.2, -0.15) is 0 Å². The van der Waals surface area contributed by atoms with E-state index in [0.717, 1.165) is 12.0 Å². The monoisotopic (exact) mass is 416 g/mol. The van der Waals surface area contributed by atoms with Crippen LogP contribution < -0.4 is 10.1 Å². The molecule has 2 aromatic carbocycles. The van der Waals surface area contributed by atoms with Gasteiger partial charge >= 0.3 is 0 Å². The fourth-order valence-corrected chi connectivity index (χ4v) is 2.95. The van der Waals surface area contributed by atoms with Crippen LogP contribution in [0.4, 0.5) is 0 Å². The van der Waals surface area contributed by atoms with Crippen LogP contribution in [0.1, 0.15) is 38.8 Å². The first-order valence-corrected chi connectivity index (χ1v) is 10.2. The van der Waals surface area contributed by atoms with Gasteiger partial charge in [0.2, 0.25) is 5.91 Å². The number of hydrogen-bond donors (Lipinski definition) is 1. The van der Waals surface area contributed by atoms with Crippen LogP contribution in [-0.4, -0.2) is 35.4 Å². The first kappa shape index (κ1) is 22.8. The van der Waals surface area contributed by atoms with Gasteiger partial charge in [-0.15, -0.1) is 0 Å². The molecule has 0 radical (unpaired) electrons. The average molecular weight is 417 g/mol. The van der Waals surface area contributed by atoms with E-state index < -0.39 is 6.04 Å². The molecular weight excluding hydrogens is 388 g/mol. The van der Waals surface area contributed by atoms with Crippen molar-refractivity contribution in [2.75, 3.05) is 6.61 Å². The highest BCUT2D eigenvalue weighted by Gasteiger charge is 2.26. The summed E-state index contributed by atoms with van der Waals surface area (Å²) in [5.74, 6) is 0.168. The van der Waals surface area contributed by atoms with Gasteiger partial charge in [-0.05, 0) is 62.6 Å².